The molecule has 3 rings (SSSR count). The molecule has 0 radical (unpaired) electrons. The number of morpholine rings is 1. The molecule has 31 heavy (non-hydrogen) atoms. The highest BCUT2D eigenvalue weighted by Gasteiger charge is 2.26. The van der Waals surface area contributed by atoms with Crippen LogP contribution in [0.4, 0.5) is 0 Å². The van der Waals surface area contributed by atoms with E-state index in [1.807, 2.05) is 18.2 Å². The lowest BCUT2D eigenvalue weighted by Gasteiger charge is -2.27. The molecule has 0 bridgehead atoms. The molecule has 0 unspecified atom stereocenters. The number of carbonyl (C=O) groups is 1. The van der Waals surface area contributed by atoms with Crippen LogP contribution in [-0.4, -0.2) is 63.3 Å². The van der Waals surface area contributed by atoms with Crippen molar-refractivity contribution in [2.75, 3.05) is 32.8 Å². The van der Waals surface area contributed by atoms with E-state index in [0.717, 1.165) is 13.1 Å². The van der Waals surface area contributed by atoms with Crippen molar-refractivity contribution in [1.29, 1.82) is 0 Å². The molecule has 2 aromatic carbocycles. The van der Waals surface area contributed by atoms with Gasteiger partial charge in [-0.1, -0.05) is 18.2 Å². The minimum absolute atomic E-state index is 0.00293. The fraction of sp³-hybridized carbons (Fsp3) is 0.381. The predicted octanol–water partition coefficient (Wildman–Crippen LogP) is 1.74. The summed E-state index contributed by atoms with van der Waals surface area (Å²) in [4.78, 5) is 14.2. The first-order chi connectivity index (χ1) is 15.0. The Labute approximate surface area is 182 Å². The number of nitrogens with one attached hydrogen (secondary N) is 2. The minimum atomic E-state index is -3.97. The van der Waals surface area contributed by atoms with Gasteiger partial charge in [0.15, 0.2) is 0 Å². The molecule has 3 N–H and O–H groups in total. The maximum absolute atomic E-state index is 12.8. The molecular weight excluding hydrogens is 422 g/mol. The molecule has 1 fully saturated rings. The van der Waals surface area contributed by atoms with Gasteiger partial charge in [0.2, 0.25) is 10.0 Å². The number of hydrogen-bond donors (Lipinski definition) is 3. The number of amides is 1. The molecule has 2 aromatic rings. The average molecular weight is 450 g/mol. The molecule has 1 amide bonds. The third-order valence-corrected chi connectivity index (χ3v) is 6.40. The van der Waals surface area contributed by atoms with Crippen LogP contribution in [-0.2, 0) is 19.6 Å². The number of nitrogens with zero attached hydrogens (tertiary/aromatic N) is 1. The summed E-state index contributed by atoms with van der Waals surface area (Å²) in [6, 6.07) is 13.9. The Kier molecular flexibility index (Phi) is 8.38. The number of hydrogen-bond acceptors (Lipinski definition) is 7. The van der Waals surface area contributed by atoms with Crippen molar-refractivity contribution in [1.82, 2.24) is 15.1 Å². The molecule has 1 aliphatic rings. The fourth-order valence-electron chi connectivity index (χ4n) is 3.23. The van der Waals surface area contributed by atoms with E-state index in [1.54, 1.807) is 29.7 Å². The summed E-state index contributed by atoms with van der Waals surface area (Å²) in [6.45, 7) is 3.65. The van der Waals surface area contributed by atoms with Gasteiger partial charge in [0.25, 0.3) is 5.91 Å². The van der Waals surface area contributed by atoms with Crippen molar-refractivity contribution in [3.05, 3.63) is 54.6 Å². The van der Waals surface area contributed by atoms with Crippen molar-refractivity contribution in [2.45, 2.75) is 23.8 Å². The van der Waals surface area contributed by atoms with E-state index in [4.69, 9.17) is 14.7 Å². The molecule has 9 nitrogen and oxygen atoms in total. The SMILES string of the molecule is O=C(NO)[C@@H](CCCN1CCOCC1)NS(=O)(=O)c1ccc(Oc2ccccc2)cc1. The van der Waals surface area contributed by atoms with Gasteiger partial charge < -0.3 is 9.47 Å². The van der Waals surface area contributed by atoms with Gasteiger partial charge in [0.05, 0.1) is 18.1 Å². The Balaban J connectivity index is 1.60. The van der Waals surface area contributed by atoms with E-state index in [0.29, 0.717) is 37.7 Å². The summed E-state index contributed by atoms with van der Waals surface area (Å²) >= 11 is 0. The Morgan fingerprint density at radius 2 is 1.71 bits per heavy atom. The monoisotopic (exact) mass is 449 g/mol. The summed E-state index contributed by atoms with van der Waals surface area (Å²) < 4.78 is 38.9. The number of para-hydroxylation sites is 1. The van der Waals surface area contributed by atoms with Crippen LogP contribution in [0.3, 0.4) is 0 Å². The van der Waals surface area contributed by atoms with Crippen LogP contribution in [0.25, 0.3) is 0 Å². The average Bonchev–Trinajstić information content (AvgIpc) is 2.79. The quantitative estimate of drug-likeness (QED) is 0.374. The molecule has 1 atom stereocenters. The topological polar surface area (TPSA) is 117 Å². The number of benzene rings is 2. The molecule has 0 aromatic heterocycles. The number of rotatable bonds is 10. The predicted molar refractivity (Wildman–Crippen MR) is 113 cm³/mol. The highest BCUT2D eigenvalue weighted by Crippen LogP contribution is 2.22. The van der Waals surface area contributed by atoms with Gasteiger partial charge in [0, 0.05) is 13.1 Å². The van der Waals surface area contributed by atoms with Crippen LogP contribution in [0.15, 0.2) is 59.5 Å². The highest BCUT2D eigenvalue weighted by molar-refractivity contribution is 7.89. The van der Waals surface area contributed by atoms with Crippen molar-refractivity contribution in [3.63, 3.8) is 0 Å². The van der Waals surface area contributed by atoms with Crippen molar-refractivity contribution < 1.29 is 27.9 Å². The lowest BCUT2D eigenvalue weighted by Crippen LogP contribution is -2.46. The van der Waals surface area contributed by atoms with E-state index in [-0.39, 0.29) is 11.3 Å². The van der Waals surface area contributed by atoms with E-state index in [2.05, 4.69) is 9.62 Å². The second kappa shape index (κ2) is 11.2. The molecule has 10 heteroatoms. The Bertz CT molecular complexity index is 931. The molecule has 0 saturated carbocycles. The molecular formula is C21H27N3O6S. The summed E-state index contributed by atoms with van der Waals surface area (Å²) in [6.07, 6.45) is 0.836. The smallest absolute Gasteiger partial charge is 0.261 e. The standard InChI is InChI=1S/C21H27N3O6S/c25-21(22-26)20(7-4-12-24-13-15-29-16-14-24)23-31(27,28)19-10-8-18(9-11-19)30-17-5-2-1-3-6-17/h1-3,5-6,8-11,20,23,26H,4,7,12-16H2,(H,22,25)/t20-/m1/s1. The number of carbonyl (C=O) groups excluding carboxylic acids is 1. The number of hydroxylamine groups is 1. The Morgan fingerprint density at radius 3 is 2.35 bits per heavy atom. The van der Waals surface area contributed by atoms with Crippen LogP contribution in [0.1, 0.15) is 12.8 Å². The highest BCUT2D eigenvalue weighted by atomic mass is 32.2. The lowest BCUT2D eigenvalue weighted by atomic mass is 10.1. The molecule has 0 spiro atoms. The normalized spacial score (nSPS) is 15.9. The zero-order valence-electron chi connectivity index (χ0n) is 17.1. The second-order valence-electron chi connectivity index (χ2n) is 7.13. The zero-order valence-corrected chi connectivity index (χ0v) is 17.9. The van der Waals surface area contributed by atoms with Gasteiger partial charge in [-0.2, -0.15) is 4.72 Å². The summed E-state index contributed by atoms with van der Waals surface area (Å²) in [5.74, 6) is 0.325. The third-order valence-electron chi connectivity index (χ3n) is 4.91. The van der Waals surface area contributed by atoms with Crippen molar-refractivity contribution in [2.24, 2.45) is 0 Å². The van der Waals surface area contributed by atoms with Crippen molar-refractivity contribution >= 4 is 15.9 Å². The maximum atomic E-state index is 12.8. The number of sulfonamides is 1. The minimum Gasteiger partial charge on any atom is -0.457 e. The molecule has 1 saturated heterocycles. The van der Waals surface area contributed by atoms with Crippen LogP contribution < -0.4 is 14.9 Å². The van der Waals surface area contributed by atoms with E-state index >= 15 is 0 Å². The van der Waals surface area contributed by atoms with E-state index in [1.165, 1.54) is 12.1 Å². The van der Waals surface area contributed by atoms with Crippen LogP contribution in [0, 0.1) is 0 Å². The van der Waals surface area contributed by atoms with E-state index in [9.17, 15) is 13.2 Å². The Hall–Kier alpha value is -2.50. The zero-order chi connectivity index (χ0) is 22.1. The van der Waals surface area contributed by atoms with Gasteiger partial charge in [-0.15, -0.1) is 0 Å². The van der Waals surface area contributed by atoms with Gasteiger partial charge >= 0.3 is 0 Å². The summed E-state index contributed by atoms with van der Waals surface area (Å²) in [5, 5.41) is 9.02. The largest absolute Gasteiger partial charge is 0.457 e. The second-order valence-corrected chi connectivity index (χ2v) is 8.85. The first-order valence-corrected chi connectivity index (χ1v) is 11.6. The van der Waals surface area contributed by atoms with Gasteiger partial charge in [-0.25, -0.2) is 13.9 Å². The first-order valence-electron chi connectivity index (χ1n) is 10.1. The summed E-state index contributed by atoms with van der Waals surface area (Å²) in [7, 11) is -3.97. The first kappa shape index (κ1) is 23.2. The van der Waals surface area contributed by atoms with Gasteiger partial charge in [-0.3, -0.25) is 14.9 Å². The molecule has 1 heterocycles. The van der Waals surface area contributed by atoms with Crippen LogP contribution in [0.2, 0.25) is 0 Å². The fourth-order valence-corrected chi connectivity index (χ4v) is 4.46. The maximum Gasteiger partial charge on any atom is 0.261 e. The molecule has 168 valence electrons. The van der Waals surface area contributed by atoms with E-state index < -0.39 is 22.0 Å². The van der Waals surface area contributed by atoms with Crippen LogP contribution >= 0.6 is 0 Å². The van der Waals surface area contributed by atoms with Gasteiger partial charge in [0.1, 0.15) is 17.5 Å². The molecule has 0 aliphatic carbocycles. The third kappa shape index (κ3) is 7.01. The summed E-state index contributed by atoms with van der Waals surface area (Å²) in [5.41, 5.74) is 1.54. The number of ether oxygens (including phenoxy) is 2. The Morgan fingerprint density at radius 1 is 1.06 bits per heavy atom. The molecule has 1 aliphatic heterocycles. The lowest BCUT2D eigenvalue weighted by molar-refractivity contribution is -0.131. The van der Waals surface area contributed by atoms with Gasteiger partial charge in [-0.05, 0) is 55.8 Å². The van der Waals surface area contributed by atoms with Crippen molar-refractivity contribution in [3.8, 4) is 11.5 Å². The van der Waals surface area contributed by atoms with Crippen LogP contribution in [0.5, 0.6) is 11.5 Å².